The van der Waals surface area contributed by atoms with Crippen molar-refractivity contribution in [2.24, 2.45) is 0 Å². The van der Waals surface area contributed by atoms with Crippen molar-refractivity contribution in [3.05, 3.63) is 65.5 Å². The summed E-state index contributed by atoms with van der Waals surface area (Å²) in [6, 6.07) is 12.6. The van der Waals surface area contributed by atoms with Gasteiger partial charge in [0.05, 0.1) is 13.5 Å². The van der Waals surface area contributed by atoms with Crippen LogP contribution in [0.2, 0.25) is 0 Å². The molecule has 6 heteroatoms. The number of hydrogen-bond acceptors (Lipinski definition) is 3. The Morgan fingerprint density at radius 2 is 1.67 bits per heavy atom. The molecule has 27 heavy (non-hydrogen) atoms. The highest BCUT2D eigenvalue weighted by molar-refractivity contribution is 5.88. The Morgan fingerprint density at radius 3 is 2.19 bits per heavy atom. The maximum absolute atomic E-state index is 13.1. The van der Waals surface area contributed by atoms with Crippen molar-refractivity contribution >= 4 is 11.8 Å². The molecule has 0 bridgehead atoms. The van der Waals surface area contributed by atoms with Gasteiger partial charge in [-0.15, -0.1) is 0 Å². The highest BCUT2D eigenvalue weighted by atomic mass is 19.1. The van der Waals surface area contributed by atoms with E-state index in [0.717, 1.165) is 11.3 Å². The zero-order chi connectivity index (χ0) is 19.8. The molecule has 5 nitrogen and oxygen atoms in total. The van der Waals surface area contributed by atoms with Crippen molar-refractivity contribution in [3.8, 4) is 5.75 Å². The van der Waals surface area contributed by atoms with E-state index in [-0.39, 0.29) is 24.1 Å². The molecule has 1 atom stereocenters. The minimum atomic E-state index is -0.579. The van der Waals surface area contributed by atoms with Gasteiger partial charge in [0.1, 0.15) is 17.6 Å². The van der Waals surface area contributed by atoms with Gasteiger partial charge in [-0.1, -0.05) is 31.2 Å². The summed E-state index contributed by atoms with van der Waals surface area (Å²) >= 11 is 0. The molecule has 0 aliphatic rings. The third kappa shape index (κ3) is 5.54. The van der Waals surface area contributed by atoms with Crippen LogP contribution in [0.4, 0.5) is 4.39 Å². The van der Waals surface area contributed by atoms with Gasteiger partial charge in [-0.25, -0.2) is 4.39 Å². The SMILES string of the molecule is CC[C@@H](C(=O)NC)N(Cc1ccc(OC)cc1)C(=O)Cc1ccc(F)cc1. The first-order valence-corrected chi connectivity index (χ1v) is 8.87. The molecule has 0 spiro atoms. The number of hydrogen-bond donors (Lipinski definition) is 1. The van der Waals surface area contributed by atoms with Gasteiger partial charge in [-0.3, -0.25) is 9.59 Å². The number of carbonyl (C=O) groups is 2. The molecule has 144 valence electrons. The van der Waals surface area contributed by atoms with Crippen LogP contribution in [0.15, 0.2) is 48.5 Å². The van der Waals surface area contributed by atoms with Gasteiger partial charge in [0.2, 0.25) is 11.8 Å². The van der Waals surface area contributed by atoms with Crippen LogP contribution in [0, 0.1) is 5.82 Å². The van der Waals surface area contributed by atoms with Crippen LogP contribution in [0.1, 0.15) is 24.5 Å². The average Bonchev–Trinajstić information content (AvgIpc) is 2.69. The second-order valence-electron chi connectivity index (χ2n) is 6.21. The van der Waals surface area contributed by atoms with E-state index in [4.69, 9.17) is 4.74 Å². The first kappa shape index (κ1) is 20.4. The lowest BCUT2D eigenvalue weighted by Crippen LogP contribution is -2.48. The molecule has 0 unspecified atom stereocenters. The highest BCUT2D eigenvalue weighted by Crippen LogP contribution is 2.17. The van der Waals surface area contributed by atoms with E-state index >= 15 is 0 Å². The summed E-state index contributed by atoms with van der Waals surface area (Å²) in [5.41, 5.74) is 1.60. The number of rotatable bonds is 8. The van der Waals surface area contributed by atoms with Crippen LogP contribution >= 0.6 is 0 Å². The lowest BCUT2D eigenvalue weighted by molar-refractivity contribution is -0.140. The van der Waals surface area contributed by atoms with Crippen LogP contribution in [-0.4, -0.2) is 36.9 Å². The zero-order valence-corrected chi connectivity index (χ0v) is 15.9. The first-order chi connectivity index (χ1) is 13.0. The number of ether oxygens (including phenoxy) is 1. The van der Waals surface area contributed by atoms with E-state index in [9.17, 15) is 14.0 Å². The van der Waals surface area contributed by atoms with Gasteiger partial charge in [0.15, 0.2) is 0 Å². The minimum absolute atomic E-state index is 0.101. The first-order valence-electron chi connectivity index (χ1n) is 8.87. The molecule has 2 rings (SSSR count). The molecule has 2 aromatic rings. The fourth-order valence-electron chi connectivity index (χ4n) is 2.89. The van der Waals surface area contributed by atoms with Gasteiger partial charge >= 0.3 is 0 Å². The number of likely N-dealkylation sites (N-methyl/N-ethyl adjacent to an activating group) is 1. The van der Waals surface area contributed by atoms with E-state index in [1.807, 2.05) is 31.2 Å². The van der Waals surface area contributed by atoms with Crippen molar-refractivity contribution < 1.29 is 18.7 Å². The third-order valence-corrected chi connectivity index (χ3v) is 4.41. The van der Waals surface area contributed by atoms with Crippen LogP contribution in [0.25, 0.3) is 0 Å². The quantitative estimate of drug-likeness (QED) is 0.775. The summed E-state index contributed by atoms with van der Waals surface area (Å²) < 4.78 is 18.3. The second kappa shape index (κ2) is 9.71. The molecular formula is C21H25FN2O3. The normalized spacial score (nSPS) is 11.6. The number of nitrogens with one attached hydrogen (secondary N) is 1. The monoisotopic (exact) mass is 372 g/mol. The highest BCUT2D eigenvalue weighted by Gasteiger charge is 2.28. The van der Waals surface area contributed by atoms with Gasteiger partial charge in [0, 0.05) is 13.6 Å². The molecule has 0 aliphatic carbocycles. The predicted octanol–water partition coefficient (Wildman–Crippen LogP) is 2.93. The zero-order valence-electron chi connectivity index (χ0n) is 15.9. The molecule has 0 aromatic heterocycles. The number of benzene rings is 2. The lowest BCUT2D eigenvalue weighted by atomic mass is 10.1. The smallest absolute Gasteiger partial charge is 0.242 e. The molecule has 0 saturated carbocycles. The number of halogens is 1. The van der Waals surface area contributed by atoms with E-state index in [1.54, 1.807) is 31.2 Å². The standard InChI is InChI=1S/C21H25FN2O3/c1-4-19(21(26)23-2)24(14-16-7-11-18(27-3)12-8-16)20(25)13-15-5-9-17(22)10-6-15/h5-12,19H,4,13-14H2,1-3H3,(H,23,26)/t19-/m0/s1. The lowest BCUT2D eigenvalue weighted by Gasteiger charge is -2.30. The maximum Gasteiger partial charge on any atom is 0.242 e. The molecular weight excluding hydrogens is 347 g/mol. The van der Waals surface area contributed by atoms with Crippen LogP contribution in [0.3, 0.4) is 0 Å². The van der Waals surface area contributed by atoms with Gasteiger partial charge in [-0.2, -0.15) is 0 Å². The van der Waals surface area contributed by atoms with Crippen molar-refractivity contribution in [2.45, 2.75) is 32.4 Å². The number of carbonyl (C=O) groups excluding carboxylic acids is 2. The summed E-state index contributed by atoms with van der Waals surface area (Å²) in [7, 11) is 3.15. The van der Waals surface area contributed by atoms with E-state index in [0.29, 0.717) is 18.5 Å². The number of methoxy groups -OCH3 is 1. The summed E-state index contributed by atoms with van der Waals surface area (Å²) in [6.45, 7) is 2.17. The van der Waals surface area contributed by atoms with Gasteiger partial charge in [-0.05, 0) is 41.8 Å². The Labute approximate surface area is 159 Å². The van der Waals surface area contributed by atoms with E-state index in [2.05, 4.69) is 5.32 Å². The molecule has 0 aliphatic heterocycles. The maximum atomic E-state index is 13.1. The Hall–Kier alpha value is -2.89. The van der Waals surface area contributed by atoms with Crippen molar-refractivity contribution in [1.82, 2.24) is 10.2 Å². The summed E-state index contributed by atoms with van der Waals surface area (Å²) in [4.78, 5) is 26.8. The fourth-order valence-corrected chi connectivity index (χ4v) is 2.89. The number of amides is 2. The molecule has 0 radical (unpaired) electrons. The van der Waals surface area contributed by atoms with Crippen molar-refractivity contribution in [2.75, 3.05) is 14.2 Å². The van der Waals surface area contributed by atoms with Crippen LogP contribution in [-0.2, 0) is 22.6 Å². The molecule has 1 N–H and O–H groups in total. The summed E-state index contributed by atoms with van der Waals surface area (Å²) in [6.07, 6.45) is 0.592. The van der Waals surface area contributed by atoms with Gasteiger partial charge < -0.3 is 15.0 Å². The van der Waals surface area contributed by atoms with E-state index < -0.39 is 6.04 Å². The Morgan fingerprint density at radius 1 is 1.07 bits per heavy atom. The Bertz CT molecular complexity index is 760. The topological polar surface area (TPSA) is 58.6 Å². The third-order valence-electron chi connectivity index (χ3n) is 4.41. The molecule has 2 amide bonds. The largest absolute Gasteiger partial charge is 0.497 e. The number of nitrogens with zero attached hydrogens (tertiary/aromatic N) is 1. The average molecular weight is 372 g/mol. The Balaban J connectivity index is 2.25. The summed E-state index contributed by atoms with van der Waals surface area (Å²) in [5, 5.41) is 2.62. The van der Waals surface area contributed by atoms with E-state index in [1.165, 1.54) is 12.1 Å². The van der Waals surface area contributed by atoms with Crippen LogP contribution in [0.5, 0.6) is 5.75 Å². The molecule has 0 heterocycles. The molecule has 0 fully saturated rings. The van der Waals surface area contributed by atoms with Crippen molar-refractivity contribution in [3.63, 3.8) is 0 Å². The fraction of sp³-hybridized carbons (Fsp3) is 0.333. The van der Waals surface area contributed by atoms with Crippen LogP contribution < -0.4 is 10.1 Å². The Kier molecular flexibility index (Phi) is 7.34. The molecule has 0 saturated heterocycles. The molecule has 2 aromatic carbocycles. The summed E-state index contributed by atoms with van der Waals surface area (Å²) in [5.74, 6) is -0.0225. The van der Waals surface area contributed by atoms with Crippen molar-refractivity contribution in [1.29, 1.82) is 0 Å². The second-order valence-corrected chi connectivity index (χ2v) is 6.21. The minimum Gasteiger partial charge on any atom is -0.497 e. The van der Waals surface area contributed by atoms with Gasteiger partial charge in [0.25, 0.3) is 0 Å². The predicted molar refractivity (Wildman–Crippen MR) is 102 cm³/mol.